The van der Waals surface area contributed by atoms with E-state index < -0.39 is 5.82 Å². The fourth-order valence-electron chi connectivity index (χ4n) is 2.46. The lowest BCUT2D eigenvalue weighted by atomic mass is 10.1. The Balaban J connectivity index is 1.94. The van der Waals surface area contributed by atoms with Gasteiger partial charge in [-0.3, -0.25) is 9.59 Å². The molecule has 1 aromatic rings. The number of hydrogen-bond acceptors (Lipinski definition) is 3. The molecule has 5 nitrogen and oxygen atoms in total. The number of carbonyl (C=O) groups excluding carboxylic acids is 2. The van der Waals surface area contributed by atoms with Crippen molar-refractivity contribution in [1.82, 2.24) is 10.6 Å². The van der Waals surface area contributed by atoms with Crippen LogP contribution >= 0.6 is 0 Å². The second-order valence-electron chi connectivity index (χ2n) is 6.34. The summed E-state index contributed by atoms with van der Waals surface area (Å²) in [6.07, 6.45) is 3.28. The largest absolute Gasteiger partial charge is 0.348 e. The molecule has 2 amide bonds. The molecule has 0 atom stereocenters. The number of amides is 2. The first-order valence-corrected chi connectivity index (χ1v) is 8.22. The molecular weight excluding hydrogens is 309 g/mol. The van der Waals surface area contributed by atoms with Crippen molar-refractivity contribution in [3.8, 4) is 0 Å². The summed E-state index contributed by atoms with van der Waals surface area (Å²) in [4.78, 5) is 23.8. The summed E-state index contributed by atoms with van der Waals surface area (Å²) in [5, 5.41) is 8.52. The minimum Gasteiger partial charge on any atom is -0.348 e. The first kappa shape index (κ1) is 18.1. The van der Waals surface area contributed by atoms with Gasteiger partial charge in [0.25, 0.3) is 5.91 Å². The van der Waals surface area contributed by atoms with E-state index in [4.69, 9.17) is 0 Å². The highest BCUT2D eigenvalue weighted by Gasteiger charge is 2.13. The molecule has 3 N–H and O–H groups in total. The van der Waals surface area contributed by atoms with Crippen LogP contribution in [0.3, 0.4) is 0 Å². The second kappa shape index (κ2) is 8.59. The van der Waals surface area contributed by atoms with Gasteiger partial charge in [-0.1, -0.05) is 25.5 Å². The number of rotatable bonds is 6. The summed E-state index contributed by atoms with van der Waals surface area (Å²) in [6, 6.07) is 4.09. The van der Waals surface area contributed by atoms with Crippen LogP contribution in [-0.2, 0) is 4.79 Å². The fraction of sp³-hybridized carbons (Fsp3) is 0.444. The average molecular weight is 333 g/mol. The molecule has 0 aliphatic carbocycles. The number of nitrogens with one attached hydrogen (secondary N) is 3. The third kappa shape index (κ3) is 5.45. The van der Waals surface area contributed by atoms with Gasteiger partial charge in [0.1, 0.15) is 5.82 Å². The highest BCUT2D eigenvalue weighted by Crippen LogP contribution is 2.17. The molecule has 0 unspecified atom stereocenters. The highest BCUT2D eigenvalue weighted by molar-refractivity contribution is 5.96. The van der Waals surface area contributed by atoms with Gasteiger partial charge in [-0.05, 0) is 37.1 Å². The number of halogens is 1. The van der Waals surface area contributed by atoms with Gasteiger partial charge in [-0.2, -0.15) is 0 Å². The predicted octanol–water partition coefficient (Wildman–Crippen LogP) is 2.46. The Kier molecular flexibility index (Phi) is 6.49. The normalized spacial score (nSPS) is 14.2. The van der Waals surface area contributed by atoms with Crippen molar-refractivity contribution in [1.29, 1.82) is 0 Å². The third-order valence-corrected chi connectivity index (χ3v) is 3.73. The molecule has 1 heterocycles. The van der Waals surface area contributed by atoms with Crippen molar-refractivity contribution < 1.29 is 14.0 Å². The first-order chi connectivity index (χ1) is 11.5. The molecule has 0 spiro atoms. The van der Waals surface area contributed by atoms with E-state index in [1.807, 2.05) is 13.8 Å². The maximum absolute atomic E-state index is 14.1. The van der Waals surface area contributed by atoms with E-state index in [0.717, 1.165) is 25.6 Å². The molecule has 24 heavy (non-hydrogen) atoms. The molecule has 0 fully saturated rings. The van der Waals surface area contributed by atoms with Crippen LogP contribution in [0.1, 0.15) is 37.0 Å². The van der Waals surface area contributed by atoms with E-state index in [9.17, 15) is 14.0 Å². The van der Waals surface area contributed by atoms with Gasteiger partial charge in [0, 0.05) is 25.1 Å². The molecule has 0 saturated carbocycles. The van der Waals surface area contributed by atoms with Crippen molar-refractivity contribution in [3.63, 3.8) is 0 Å². The van der Waals surface area contributed by atoms with Crippen molar-refractivity contribution in [2.24, 2.45) is 5.92 Å². The Morgan fingerprint density at radius 1 is 1.33 bits per heavy atom. The van der Waals surface area contributed by atoms with Crippen LogP contribution in [0.2, 0.25) is 0 Å². The lowest BCUT2D eigenvalue weighted by molar-refractivity contribution is -0.116. The van der Waals surface area contributed by atoms with E-state index in [1.165, 1.54) is 17.7 Å². The Morgan fingerprint density at radius 3 is 2.75 bits per heavy atom. The maximum Gasteiger partial charge on any atom is 0.251 e. The standard InChI is InChI=1S/C18H24FN3O2/c1-12(2)9-17(23)22-16-4-3-14(10-15(16)19)18(24)21-11-13-5-7-20-8-6-13/h3-5,10,12,20H,6-9,11H2,1-2H3,(H,21,24)(H,22,23). The number of anilines is 1. The first-order valence-electron chi connectivity index (χ1n) is 8.22. The van der Waals surface area contributed by atoms with Gasteiger partial charge in [-0.25, -0.2) is 4.39 Å². The lowest BCUT2D eigenvalue weighted by Crippen LogP contribution is -2.29. The van der Waals surface area contributed by atoms with Crippen molar-refractivity contribution >= 4 is 17.5 Å². The quantitative estimate of drug-likeness (QED) is 0.701. The van der Waals surface area contributed by atoms with Gasteiger partial charge in [0.05, 0.1) is 5.69 Å². The predicted molar refractivity (Wildman–Crippen MR) is 92.4 cm³/mol. The maximum atomic E-state index is 14.1. The van der Waals surface area contributed by atoms with Gasteiger partial charge in [0.15, 0.2) is 0 Å². The number of carbonyl (C=O) groups is 2. The molecule has 130 valence electrons. The zero-order chi connectivity index (χ0) is 17.5. The van der Waals surface area contributed by atoms with Crippen molar-refractivity contribution in [2.75, 3.05) is 25.0 Å². The van der Waals surface area contributed by atoms with Gasteiger partial charge < -0.3 is 16.0 Å². The van der Waals surface area contributed by atoms with Crippen molar-refractivity contribution in [3.05, 3.63) is 41.2 Å². The van der Waals surface area contributed by atoms with Gasteiger partial charge >= 0.3 is 0 Å². The summed E-state index contributed by atoms with van der Waals surface area (Å²) >= 11 is 0. The van der Waals surface area contributed by atoms with Crippen LogP contribution in [0.25, 0.3) is 0 Å². The Hall–Kier alpha value is -2.21. The van der Waals surface area contributed by atoms with Crippen LogP contribution < -0.4 is 16.0 Å². The smallest absolute Gasteiger partial charge is 0.251 e. The Labute approximate surface area is 141 Å². The Bertz CT molecular complexity index is 641. The van der Waals surface area contributed by atoms with Crippen LogP contribution in [0.15, 0.2) is 29.8 Å². The summed E-state index contributed by atoms with van der Waals surface area (Å²) in [5.41, 5.74) is 1.50. The minimum atomic E-state index is -0.610. The Morgan fingerprint density at radius 2 is 2.12 bits per heavy atom. The molecular formula is C18H24FN3O2. The topological polar surface area (TPSA) is 70.2 Å². The molecule has 2 rings (SSSR count). The molecule has 0 bridgehead atoms. The van der Waals surface area contributed by atoms with Crippen LogP contribution in [0.4, 0.5) is 10.1 Å². The van der Waals surface area contributed by atoms with Crippen LogP contribution in [0.5, 0.6) is 0 Å². The summed E-state index contributed by atoms with van der Waals surface area (Å²) in [5.74, 6) is -0.976. The average Bonchev–Trinajstić information content (AvgIpc) is 2.54. The van der Waals surface area contributed by atoms with E-state index >= 15 is 0 Å². The molecule has 0 radical (unpaired) electrons. The zero-order valence-corrected chi connectivity index (χ0v) is 14.1. The van der Waals surface area contributed by atoms with E-state index in [-0.39, 0.29) is 29.0 Å². The molecule has 1 aliphatic rings. The number of hydrogen-bond donors (Lipinski definition) is 3. The summed E-state index contributed by atoms with van der Waals surface area (Å²) in [6.45, 7) is 6.02. The monoisotopic (exact) mass is 333 g/mol. The summed E-state index contributed by atoms with van der Waals surface area (Å²) < 4.78 is 14.1. The van der Waals surface area contributed by atoms with E-state index in [2.05, 4.69) is 22.0 Å². The van der Waals surface area contributed by atoms with E-state index in [1.54, 1.807) is 0 Å². The zero-order valence-electron chi connectivity index (χ0n) is 14.1. The van der Waals surface area contributed by atoms with E-state index in [0.29, 0.717) is 13.0 Å². The third-order valence-electron chi connectivity index (χ3n) is 3.73. The van der Waals surface area contributed by atoms with Crippen LogP contribution in [-0.4, -0.2) is 31.4 Å². The lowest BCUT2D eigenvalue weighted by Gasteiger charge is -2.15. The molecule has 0 aromatic heterocycles. The summed E-state index contributed by atoms with van der Waals surface area (Å²) in [7, 11) is 0. The number of benzene rings is 1. The minimum absolute atomic E-state index is 0.0956. The fourth-order valence-corrected chi connectivity index (χ4v) is 2.46. The highest BCUT2D eigenvalue weighted by atomic mass is 19.1. The molecule has 0 saturated heterocycles. The molecule has 6 heteroatoms. The van der Waals surface area contributed by atoms with Crippen LogP contribution in [0, 0.1) is 11.7 Å². The van der Waals surface area contributed by atoms with Crippen molar-refractivity contribution in [2.45, 2.75) is 26.7 Å². The molecule has 1 aromatic carbocycles. The molecule has 1 aliphatic heterocycles. The SMILES string of the molecule is CC(C)CC(=O)Nc1ccc(C(=O)NCC2=CCNCC2)cc1F. The van der Waals surface area contributed by atoms with Gasteiger partial charge in [-0.15, -0.1) is 0 Å². The van der Waals surface area contributed by atoms with Gasteiger partial charge in [0.2, 0.25) is 5.91 Å². The second-order valence-corrected chi connectivity index (χ2v) is 6.34.